The molecule has 32 heavy (non-hydrogen) atoms. The first-order valence-electron chi connectivity index (χ1n) is 10.3. The highest BCUT2D eigenvalue weighted by Crippen LogP contribution is 2.15. The van der Waals surface area contributed by atoms with Crippen LogP contribution in [0, 0.1) is 5.92 Å². The minimum Gasteiger partial charge on any atom is -0.467 e. The van der Waals surface area contributed by atoms with E-state index in [-0.39, 0.29) is 30.2 Å². The van der Waals surface area contributed by atoms with Crippen LogP contribution in [0.25, 0.3) is 0 Å². The van der Waals surface area contributed by atoms with Gasteiger partial charge in [-0.15, -0.1) is 0 Å². The molecule has 0 bridgehead atoms. The van der Waals surface area contributed by atoms with Gasteiger partial charge in [0.1, 0.15) is 5.76 Å². The standard InChI is InChI=1S/C24H26N4O4/c1-16(2)23(30)28-20-11-9-18(10-12-20)25-15-22(29)27-19-7-5-17(6-8-19)24(31)26-14-21-4-3-13-32-21/h3-13,16,25H,14-15H2,1-2H3,(H,26,31)(H,27,29)(H,28,30). The summed E-state index contributed by atoms with van der Waals surface area (Å²) in [6.45, 7) is 4.04. The Morgan fingerprint density at radius 2 is 1.47 bits per heavy atom. The molecule has 1 heterocycles. The van der Waals surface area contributed by atoms with E-state index in [2.05, 4.69) is 21.3 Å². The lowest BCUT2D eigenvalue weighted by atomic mass is 10.2. The van der Waals surface area contributed by atoms with Gasteiger partial charge in [-0.05, 0) is 60.7 Å². The largest absolute Gasteiger partial charge is 0.467 e. The average molecular weight is 434 g/mol. The summed E-state index contributed by atoms with van der Waals surface area (Å²) < 4.78 is 5.18. The smallest absolute Gasteiger partial charge is 0.251 e. The molecule has 0 unspecified atom stereocenters. The van der Waals surface area contributed by atoms with Crippen molar-refractivity contribution < 1.29 is 18.8 Å². The fourth-order valence-electron chi connectivity index (χ4n) is 2.73. The molecule has 8 heteroatoms. The number of benzene rings is 2. The van der Waals surface area contributed by atoms with Crippen LogP contribution in [0.15, 0.2) is 71.3 Å². The van der Waals surface area contributed by atoms with Crippen molar-refractivity contribution in [1.82, 2.24) is 5.32 Å². The maximum absolute atomic E-state index is 12.2. The van der Waals surface area contributed by atoms with Crippen LogP contribution < -0.4 is 21.3 Å². The Balaban J connectivity index is 1.43. The van der Waals surface area contributed by atoms with Gasteiger partial charge in [0.05, 0.1) is 19.4 Å². The molecule has 0 radical (unpaired) electrons. The van der Waals surface area contributed by atoms with Crippen molar-refractivity contribution in [3.8, 4) is 0 Å². The Labute approximate surface area is 186 Å². The molecule has 3 aromatic rings. The zero-order chi connectivity index (χ0) is 22.9. The van der Waals surface area contributed by atoms with Crippen LogP contribution in [0.3, 0.4) is 0 Å². The summed E-state index contributed by atoms with van der Waals surface area (Å²) in [4.78, 5) is 36.1. The third kappa shape index (κ3) is 6.73. The molecule has 0 aliphatic carbocycles. The third-order valence-electron chi connectivity index (χ3n) is 4.56. The summed E-state index contributed by atoms with van der Waals surface area (Å²) in [7, 11) is 0. The predicted molar refractivity (Wildman–Crippen MR) is 123 cm³/mol. The van der Waals surface area contributed by atoms with Gasteiger partial charge in [-0.3, -0.25) is 14.4 Å². The van der Waals surface area contributed by atoms with Gasteiger partial charge >= 0.3 is 0 Å². The average Bonchev–Trinajstić information content (AvgIpc) is 3.31. The molecule has 0 aliphatic rings. The summed E-state index contributed by atoms with van der Waals surface area (Å²) in [6.07, 6.45) is 1.55. The number of rotatable bonds is 9. The van der Waals surface area contributed by atoms with Crippen molar-refractivity contribution in [3.05, 3.63) is 78.3 Å². The van der Waals surface area contributed by atoms with Crippen molar-refractivity contribution in [1.29, 1.82) is 0 Å². The molecular formula is C24H26N4O4. The Morgan fingerprint density at radius 1 is 0.844 bits per heavy atom. The lowest BCUT2D eigenvalue weighted by Crippen LogP contribution is -2.23. The summed E-state index contributed by atoms with van der Waals surface area (Å²) in [5.74, 6) is 0.0728. The molecule has 1 aromatic heterocycles. The molecule has 0 spiro atoms. The quantitative estimate of drug-likeness (QED) is 0.409. The molecule has 0 saturated heterocycles. The Hall–Kier alpha value is -4.07. The number of carbonyl (C=O) groups excluding carboxylic acids is 3. The molecule has 2 aromatic carbocycles. The van der Waals surface area contributed by atoms with Crippen LogP contribution in [0.5, 0.6) is 0 Å². The number of furan rings is 1. The molecule has 0 fully saturated rings. The first-order valence-corrected chi connectivity index (χ1v) is 10.3. The topological polar surface area (TPSA) is 112 Å². The normalized spacial score (nSPS) is 10.5. The second kappa shape index (κ2) is 10.8. The zero-order valence-corrected chi connectivity index (χ0v) is 18.0. The lowest BCUT2D eigenvalue weighted by molar-refractivity contribution is -0.119. The van der Waals surface area contributed by atoms with Gasteiger partial charge in [-0.1, -0.05) is 13.8 Å². The molecule has 3 amide bonds. The lowest BCUT2D eigenvalue weighted by Gasteiger charge is -2.10. The fraction of sp³-hybridized carbons (Fsp3) is 0.208. The van der Waals surface area contributed by atoms with Gasteiger partial charge in [0.15, 0.2) is 0 Å². The first kappa shape index (κ1) is 22.6. The Bertz CT molecular complexity index is 1040. The number of carbonyl (C=O) groups is 3. The molecule has 0 saturated carbocycles. The van der Waals surface area contributed by atoms with Crippen LogP contribution in [0.1, 0.15) is 30.0 Å². The molecule has 3 rings (SSSR count). The maximum Gasteiger partial charge on any atom is 0.251 e. The van der Waals surface area contributed by atoms with Gasteiger partial charge in [-0.25, -0.2) is 0 Å². The van der Waals surface area contributed by atoms with E-state index in [1.165, 1.54) is 0 Å². The SMILES string of the molecule is CC(C)C(=O)Nc1ccc(NCC(=O)Nc2ccc(C(=O)NCc3ccco3)cc2)cc1. The highest BCUT2D eigenvalue weighted by atomic mass is 16.3. The number of anilines is 3. The minimum atomic E-state index is -0.228. The minimum absolute atomic E-state index is 0.0499. The summed E-state index contributed by atoms with van der Waals surface area (Å²) in [5, 5.41) is 11.4. The molecule has 0 aliphatic heterocycles. The summed E-state index contributed by atoms with van der Waals surface area (Å²) >= 11 is 0. The van der Waals surface area contributed by atoms with E-state index in [1.807, 2.05) is 13.8 Å². The maximum atomic E-state index is 12.2. The fourth-order valence-corrected chi connectivity index (χ4v) is 2.73. The second-order valence-electron chi connectivity index (χ2n) is 7.46. The third-order valence-corrected chi connectivity index (χ3v) is 4.56. The van der Waals surface area contributed by atoms with Gasteiger partial charge in [0.25, 0.3) is 5.91 Å². The molecule has 4 N–H and O–H groups in total. The van der Waals surface area contributed by atoms with E-state index in [1.54, 1.807) is 66.9 Å². The van der Waals surface area contributed by atoms with Crippen LogP contribution in [0.4, 0.5) is 17.1 Å². The summed E-state index contributed by atoms with van der Waals surface area (Å²) in [6, 6.07) is 17.3. The number of nitrogens with one attached hydrogen (secondary N) is 4. The van der Waals surface area contributed by atoms with Crippen LogP contribution in [-0.4, -0.2) is 24.3 Å². The predicted octanol–water partition coefficient (Wildman–Crippen LogP) is 3.85. The molecule has 8 nitrogen and oxygen atoms in total. The van der Waals surface area contributed by atoms with Crippen molar-refractivity contribution >= 4 is 34.8 Å². The van der Waals surface area contributed by atoms with Crippen molar-refractivity contribution in [2.75, 3.05) is 22.5 Å². The van der Waals surface area contributed by atoms with E-state index < -0.39 is 0 Å². The number of hydrogen-bond acceptors (Lipinski definition) is 5. The van der Waals surface area contributed by atoms with E-state index in [0.717, 1.165) is 5.69 Å². The van der Waals surface area contributed by atoms with Gasteiger partial charge in [-0.2, -0.15) is 0 Å². The van der Waals surface area contributed by atoms with Crippen molar-refractivity contribution in [2.24, 2.45) is 5.92 Å². The monoisotopic (exact) mass is 434 g/mol. The molecule has 0 atom stereocenters. The van der Waals surface area contributed by atoms with E-state index in [0.29, 0.717) is 29.2 Å². The van der Waals surface area contributed by atoms with E-state index >= 15 is 0 Å². The van der Waals surface area contributed by atoms with Crippen molar-refractivity contribution in [3.63, 3.8) is 0 Å². The van der Waals surface area contributed by atoms with Crippen molar-refractivity contribution in [2.45, 2.75) is 20.4 Å². The Kier molecular flexibility index (Phi) is 7.64. The van der Waals surface area contributed by atoms with Crippen LogP contribution in [0.2, 0.25) is 0 Å². The Morgan fingerprint density at radius 3 is 2.09 bits per heavy atom. The molecule has 166 valence electrons. The van der Waals surface area contributed by atoms with Crippen LogP contribution in [-0.2, 0) is 16.1 Å². The summed E-state index contributed by atoms with van der Waals surface area (Å²) in [5.41, 5.74) is 2.53. The van der Waals surface area contributed by atoms with Gasteiger partial charge in [0.2, 0.25) is 11.8 Å². The highest BCUT2D eigenvalue weighted by molar-refractivity contribution is 5.96. The van der Waals surface area contributed by atoms with Crippen LogP contribution >= 0.6 is 0 Å². The molecular weight excluding hydrogens is 408 g/mol. The van der Waals surface area contributed by atoms with Gasteiger partial charge in [0, 0.05) is 28.5 Å². The number of amides is 3. The highest BCUT2D eigenvalue weighted by Gasteiger charge is 2.09. The first-order chi connectivity index (χ1) is 15.4. The van der Waals surface area contributed by atoms with Gasteiger partial charge < -0.3 is 25.7 Å². The van der Waals surface area contributed by atoms with E-state index in [9.17, 15) is 14.4 Å². The zero-order valence-electron chi connectivity index (χ0n) is 18.0. The second-order valence-corrected chi connectivity index (χ2v) is 7.46. The number of hydrogen-bond donors (Lipinski definition) is 4. The van der Waals surface area contributed by atoms with E-state index in [4.69, 9.17) is 4.42 Å².